The first-order valence-corrected chi connectivity index (χ1v) is 26.4. The molecule has 0 radical (unpaired) electrons. The molecule has 0 aliphatic rings. The summed E-state index contributed by atoms with van der Waals surface area (Å²) in [6.45, 7) is 8.65. The van der Waals surface area contributed by atoms with E-state index in [0.29, 0.717) is 50.8 Å². The molecule has 0 heterocycles. The molecule has 342 valence electrons. The molecule has 0 fully saturated rings. The molecule has 0 spiro atoms. The van der Waals surface area contributed by atoms with Crippen LogP contribution in [0.15, 0.2) is 9.98 Å². The zero-order valence-electron chi connectivity index (χ0n) is 38.2. The minimum atomic E-state index is -0.0739. The lowest BCUT2D eigenvalue weighted by Gasteiger charge is -2.14. The van der Waals surface area contributed by atoms with Gasteiger partial charge < -0.3 is 25.8 Å². The van der Waals surface area contributed by atoms with Gasteiger partial charge in [-0.25, -0.2) is 0 Å². The van der Waals surface area contributed by atoms with E-state index in [0.717, 1.165) is 87.5 Å². The quantitative estimate of drug-likeness (QED) is 0.0266. The summed E-state index contributed by atoms with van der Waals surface area (Å²) in [6, 6.07) is 0. The maximum absolute atomic E-state index is 12.0. The minimum absolute atomic E-state index is 0.0739. The Balaban J connectivity index is 3.57. The highest BCUT2D eigenvalue weighted by Gasteiger charge is 2.05. The Bertz CT molecular complexity index is 897. The Morgan fingerprint density at radius 1 is 0.448 bits per heavy atom. The Hall–Kier alpha value is -1.46. The average Bonchev–Trinajstić information content (AvgIpc) is 3.21. The predicted molar refractivity (Wildman–Crippen MR) is 257 cm³/mol. The van der Waals surface area contributed by atoms with Gasteiger partial charge in [-0.2, -0.15) is 23.5 Å². The fraction of sp³-hybridized carbons (Fsp3) is 0.915. The third-order valence-electron chi connectivity index (χ3n) is 10.5. The molecule has 0 aliphatic carbocycles. The highest BCUT2D eigenvalue weighted by Crippen LogP contribution is 2.14. The smallest absolute Gasteiger partial charge is 0.306 e. The standard InChI is InChI=1S/C47H93N5O4S2/c1-4-6-8-10-12-14-16-18-20-22-24-26-38-55-46(53)32-42-57-40-28-30-44(48)50-34-36-52(3)37-35-51-45(49)31-29-41-58-43-33-47(54)56-39-27-25-23-21-19-17-15-13-11-9-7-5-2/h4-43H2,1-3H3,(H2,48,50)(H2,49,51). The molecule has 0 saturated carbocycles. The fourth-order valence-corrected chi connectivity index (χ4v) is 8.35. The van der Waals surface area contributed by atoms with Crippen LogP contribution in [0.3, 0.4) is 0 Å². The minimum Gasteiger partial charge on any atom is -0.466 e. The number of likely N-dealkylation sites (N-methyl/N-ethyl adjacent to an activating group) is 1. The van der Waals surface area contributed by atoms with Gasteiger partial charge >= 0.3 is 11.9 Å². The van der Waals surface area contributed by atoms with E-state index in [1.807, 2.05) is 0 Å². The van der Waals surface area contributed by atoms with Crippen LogP contribution in [-0.2, 0) is 19.1 Å². The van der Waals surface area contributed by atoms with Crippen LogP contribution in [0.1, 0.15) is 206 Å². The number of thioether (sulfide) groups is 2. The lowest BCUT2D eigenvalue weighted by molar-refractivity contribution is -0.144. The van der Waals surface area contributed by atoms with Crippen molar-refractivity contribution in [1.29, 1.82) is 0 Å². The first-order chi connectivity index (χ1) is 28.4. The number of nitrogens with zero attached hydrogens (tertiary/aromatic N) is 3. The van der Waals surface area contributed by atoms with Gasteiger partial charge in [-0.1, -0.05) is 155 Å². The molecular weight excluding hydrogens is 763 g/mol. The summed E-state index contributed by atoms with van der Waals surface area (Å²) in [7, 11) is 2.07. The number of unbranched alkanes of at least 4 members (excludes halogenated alkanes) is 22. The number of carbonyl (C=O) groups excluding carboxylic acids is 2. The average molecular weight is 856 g/mol. The Labute approximate surface area is 367 Å². The topological polar surface area (TPSA) is 133 Å². The monoisotopic (exact) mass is 856 g/mol. The van der Waals surface area contributed by atoms with Crippen molar-refractivity contribution in [2.24, 2.45) is 21.5 Å². The molecule has 0 amide bonds. The molecule has 11 heteroatoms. The maximum atomic E-state index is 12.0. The molecule has 0 unspecified atom stereocenters. The molecule has 0 aromatic carbocycles. The third kappa shape index (κ3) is 45.6. The Morgan fingerprint density at radius 3 is 1.09 bits per heavy atom. The summed E-state index contributed by atoms with van der Waals surface area (Å²) in [5.41, 5.74) is 12.3. The van der Waals surface area contributed by atoms with Crippen molar-refractivity contribution in [2.75, 3.05) is 69.5 Å². The van der Waals surface area contributed by atoms with Gasteiger partial charge in [0.2, 0.25) is 0 Å². The Morgan fingerprint density at radius 2 is 0.759 bits per heavy atom. The van der Waals surface area contributed by atoms with Crippen LogP contribution in [-0.4, -0.2) is 98.0 Å². The van der Waals surface area contributed by atoms with Gasteiger partial charge in [-0.3, -0.25) is 19.6 Å². The van der Waals surface area contributed by atoms with Gasteiger partial charge in [-0.05, 0) is 44.2 Å². The highest BCUT2D eigenvalue weighted by molar-refractivity contribution is 7.99. The number of amidine groups is 2. The zero-order chi connectivity index (χ0) is 42.4. The number of carbonyl (C=O) groups is 2. The molecule has 0 bridgehead atoms. The van der Waals surface area contributed by atoms with Crippen molar-refractivity contribution in [1.82, 2.24) is 4.90 Å². The molecule has 58 heavy (non-hydrogen) atoms. The Kier molecular flexibility index (Phi) is 45.4. The second-order valence-electron chi connectivity index (χ2n) is 16.2. The SMILES string of the molecule is CCCCCCCCCCCCCCOC(=O)CCSCCCC(N)=NCCN(C)CCN=C(N)CCCSCCC(=O)OCCCCCCCCCCCCCC. The second-order valence-corrected chi connectivity index (χ2v) is 18.6. The number of ether oxygens (including phenoxy) is 2. The molecule has 0 atom stereocenters. The van der Waals surface area contributed by atoms with Crippen molar-refractivity contribution in [2.45, 2.75) is 206 Å². The molecule has 9 nitrogen and oxygen atoms in total. The van der Waals surface area contributed by atoms with Crippen LogP contribution in [0.2, 0.25) is 0 Å². The van der Waals surface area contributed by atoms with Crippen molar-refractivity contribution in [3.05, 3.63) is 0 Å². The molecule has 0 aliphatic heterocycles. The van der Waals surface area contributed by atoms with Crippen LogP contribution in [0.4, 0.5) is 0 Å². The first kappa shape index (κ1) is 56.5. The second kappa shape index (κ2) is 46.6. The van der Waals surface area contributed by atoms with Crippen LogP contribution in [0, 0.1) is 0 Å². The largest absolute Gasteiger partial charge is 0.466 e. The van der Waals surface area contributed by atoms with Crippen LogP contribution < -0.4 is 11.5 Å². The van der Waals surface area contributed by atoms with Crippen LogP contribution in [0.25, 0.3) is 0 Å². The van der Waals surface area contributed by atoms with Gasteiger partial charge in [0, 0.05) is 37.4 Å². The van der Waals surface area contributed by atoms with Crippen molar-refractivity contribution in [3.8, 4) is 0 Å². The third-order valence-corrected chi connectivity index (χ3v) is 12.6. The van der Waals surface area contributed by atoms with E-state index >= 15 is 0 Å². The van der Waals surface area contributed by atoms with E-state index in [1.54, 1.807) is 23.5 Å². The summed E-state index contributed by atoms with van der Waals surface area (Å²) >= 11 is 3.56. The lowest BCUT2D eigenvalue weighted by atomic mass is 10.1. The van der Waals surface area contributed by atoms with Crippen molar-refractivity contribution >= 4 is 47.1 Å². The zero-order valence-corrected chi connectivity index (χ0v) is 39.9. The van der Waals surface area contributed by atoms with Crippen molar-refractivity contribution < 1.29 is 19.1 Å². The highest BCUT2D eigenvalue weighted by atomic mass is 32.2. The summed E-state index contributed by atoms with van der Waals surface area (Å²) in [5, 5.41) is 0. The van der Waals surface area contributed by atoms with Crippen molar-refractivity contribution in [3.63, 3.8) is 0 Å². The summed E-state index contributed by atoms with van der Waals surface area (Å²) in [4.78, 5) is 35.3. The lowest BCUT2D eigenvalue weighted by Crippen LogP contribution is -2.26. The van der Waals surface area contributed by atoms with Gasteiger partial charge in [0.25, 0.3) is 0 Å². The molecule has 4 N–H and O–H groups in total. The predicted octanol–water partition coefficient (Wildman–Crippen LogP) is 11.9. The number of hydrogen-bond acceptors (Lipinski definition) is 9. The number of rotatable bonds is 46. The van der Waals surface area contributed by atoms with Crippen LogP contribution >= 0.6 is 23.5 Å². The number of esters is 2. The first-order valence-electron chi connectivity index (χ1n) is 24.1. The van der Waals surface area contributed by atoms with Gasteiger partial charge in [0.1, 0.15) is 0 Å². The molecule has 0 aromatic heterocycles. The maximum Gasteiger partial charge on any atom is 0.306 e. The normalized spacial score (nSPS) is 12.1. The van der Waals surface area contributed by atoms with E-state index in [4.69, 9.17) is 20.9 Å². The molecular formula is C47H93N5O4S2. The number of nitrogens with two attached hydrogens (primary N) is 2. The summed E-state index contributed by atoms with van der Waals surface area (Å²) in [5.74, 6) is 4.77. The fourth-order valence-electron chi connectivity index (χ4n) is 6.63. The number of hydrogen-bond donors (Lipinski definition) is 2. The molecule has 0 aromatic rings. The van der Waals surface area contributed by atoms with E-state index < -0.39 is 0 Å². The van der Waals surface area contributed by atoms with E-state index in [9.17, 15) is 9.59 Å². The van der Waals surface area contributed by atoms with E-state index in [1.165, 1.54) is 128 Å². The number of aliphatic imine (C=N–C) groups is 2. The molecule has 0 rings (SSSR count). The summed E-state index contributed by atoms with van der Waals surface area (Å²) < 4.78 is 10.8. The van der Waals surface area contributed by atoms with Gasteiger partial charge in [0.05, 0.1) is 50.8 Å². The summed E-state index contributed by atoms with van der Waals surface area (Å²) in [6.07, 6.45) is 35.9. The van der Waals surface area contributed by atoms with Gasteiger partial charge in [0.15, 0.2) is 0 Å². The molecule has 0 saturated heterocycles. The van der Waals surface area contributed by atoms with E-state index in [2.05, 4.69) is 35.8 Å². The van der Waals surface area contributed by atoms with Gasteiger partial charge in [-0.15, -0.1) is 0 Å². The van der Waals surface area contributed by atoms with Crippen LogP contribution in [0.5, 0.6) is 0 Å². The van der Waals surface area contributed by atoms with E-state index in [-0.39, 0.29) is 11.9 Å².